The van der Waals surface area contributed by atoms with Gasteiger partial charge in [-0.25, -0.2) is 0 Å². The molecule has 0 radical (unpaired) electrons. The van der Waals surface area contributed by atoms with Crippen molar-refractivity contribution in [1.29, 1.82) is 0 Å². The standard InChI is InChI=1S/C14H18BrNO2/c1-9-3-2-4-11(7-9)16-14(18)12-6-5-10(15)8-13(12)17/h5-6,8-9,11,17H,2-4,7H2,1H3,(H,16,18). The highest BCUT2D eigenvalue weighted by Crippen LogP contribution is 2.25. The summed E-state index contributed by atoms with van der Waals surface area (Å²) < 4.78 is 0.767. The van der Waals surface area contributed by atoms with Crippen molar-refractivity contribution in [2.24, 2.45) is 5.92 Å². The van der Waals surface area contributed by atoms with Crippen molar-refractivity contribution < 1.29 is 9.90 Å². The van der Waals surface area contributed by atoms with E-state index in [1.165, 1.54) is 12.8 Å². The van der Waals surface area contributed by atoms with E-state index in [1.54, 1.807) is 18.2 Å². The van der Waals surface area contributed by atoms with Crippen LogP contribution >= 0.6 is 15.9 Å². The zero-order valence-electron chi connectivity index (χ0n) is 10.4. The summed E-state index contributed by atoms with van der Waals surface area (Å²) in [7, 11) is 0. The Bertz CT molecular complexity index is 447. The Morgan fingerprint density at radius 2 is 2.22 bits per heavy atom. The Morgan fingerprint density at radius 1 is 1.44 bits per heavy atom. The Balaban J connectivity index is 2.03. The summed E-state index contributed by atoms with van der Waals surface area (Å²) in [5.74, 6) is 0.507. The van der Waals surface area contributed by atoms with Crippen LogP contribution in [0.15, 0.2) is 22.7 Å². The van der Waals surface area contributed by atoms with Crippen LogP contribution in [-0.4, -0.2) is 17.1 Å². The van der Waals surface area contributed by atoms with Crippen molar-refractivity contribution in [2.45, 2.75) is 38.6 Å². The molecule has 1 aliphatic rings. The lowest BCUT2D eigenvalue weighted by Gasteiger charge is -2.27. The summed E-state index contributed by atoms with van der Waals surface area (Å²) in [4.78, 5) is 12.1. The predicted molar refractivity (Wildman–Crippen MR) is 74.7 cm³/mol. The summed E-state index contributed by atoms with van der Waals surface area (Å²) in [6.45, 7) is 2.22. The molecule has 1 aromatic carbocycles. The van der Waals surface area contributed by atoms with E-state index in [1.807, 2.05) is 0 Å². The second-order valence-corrected chi connectivity index (χ2v) is 6.02. The Hall–Kier alpha value is -1.03. The van der Waals surface area contributed by atoms with Gasteiger partial charge >= 0.3 is 0 Å². The molecule has 4 heteroatoms. The molecule has 0 aromatic heterocycles. The van der Waals surface area contributed by atoms with Gasteiger partial charge in [0.2, 0.25) is 0 Å². The van der Waals surface area contributed by atoms with Crippen LogP contribution < -0.4 is 5.32 Å². The number of phenolic OH excluding ortho intramolecular Hbond substituents is 1. The topological polar surface area (TPSA) is 49.3 Å². The van der Waals surface area contributed by atoms with Crippen LogP contribution in [0.5, 0.6) is 5.75 Å². The normalized spacial score (nSPS) is 23.7. The average molecular weight is 312 g/mol. The van der Waals surface area contributed by atoms with E-state index in [4.69, 9.17) is 0 Å². The van der Waals surface area contributed by atoms with E-state index in [0.717, 1.165) is 17.3 Å². The van der Waals surface area contributed by atoms with Crippen molar-refractivity contribution in [3.8, 4) is 5.75 Å². The molecule has 3 nitrogen and oxygen atoms in total. The number of halogens is 1. The molecule has 0 bridgehead atoms. The molecule has 1 amide bonds. The van der Waals surface area contributed by atoms with Crippen LogP contribution in [0.3, 0.4) is 0 Å². The van der Waals surface area contributed by atoms with Crippen LogP contribution in [0.4, 0.5) is 0 Å². The van der Waals surface area contributed by atoms with Gasteiger partial charge in [0.25, 0.3) is 5.91 Å². The molecular weight excluding hydrogens is 294 g/mol. The van der Waals surface area contributed by atoms with E-state index in [9.17, 15) is 9.90 Å². The first-order valence-corrected chi connectivity index (χ1v) is 7.15. The van der Waals surface area contributed by atoms with Gasteiger partial charge in [-0.1, -0.05) is 35.7 Å². The number of hydrogen-bond donors (Lipinski definition) is 2. The van der Waals surface area contributed by atoms with Crippen molar-refractivity contribution in [1.82, 2.24) is 5.32 Å². The van der Waals surface area contributed by atoms with Crippen molar-refractivity contribution in [3.63, 3.8) is 0 Å². The SMILES string of the molecule is CC1CCCC(NC(=O)c2ccc(Br)cc2O)C1. The minimum Gasteiger partial charge on any atom is -0.507 e. The highest BCUT2D eigenvalue weighted by Gasteiger charge is 2.21. The van der Waals surface area contributed by atoms with Gasteiger partial charge in [-0.05, 0) is 37.0 Å². The fourth-order valence-electron chi connectivity index (χ4n) is 2.53. The number of aromatic hydroxyl groups is 1. The highest BCUT2D eigenvalue weighted by atomic mass is 79.9. The first kappa shape index (κ1) is 13.4. The van der Waals surface area contributed by atoms with E-state index < -0.39 is 0 Å². The van der Waals surface area contributed by atoms with Gasteiger partial charge in [0.1, 0.15) is 5.75 Å². The lowest BCUT2D eigenvalue weighted by molar-refractivity contribution is 0.0918. The van der Waals surface area contributed by atoms with Crippen LogP contribution in [0.1, 0.15) is 43.0 Å². The number of nitrogens with one attached hydrogen (secondary N) is 1. The summed E-state index contributed by atoms with van der Waals surface area (Å²) in [5, 5.41) is 12.8. The molecule has 98 valence electrons. The zero-order valence-corrected chi connectivity index (χ0v) is 12.0. The van der Waals surface area contributed by atoms with E-state index >= 15 is 0 Å². The lowest BCUT2D eigenvalue weighted by atomic mass is 9.87. The predicted octanol–water partition coefficient (Wildman–Crippen LogP) is 3.46. The van der Waals surface area contributed by atoms with Crippen LogP contribution in [-0.2, 0) is 0 Å². The van der Waals surface area contributed by atoms with Gasteiger partial charge in [0, 0.05) is 10.5 Å². The van der Waals surface area contributed by atoms with Crippen molar-refractivity contribution in [2.75, 3.05) is 0 Å². The second-order valence-electron chi connectivity index (χ2n) is 5.10. The number of benzene rings is 1. The van der Waals surface area contributed by atoms with Crippen LogP contribution in [0, 0.1) is 5.92 Å². The van der Waals surface area contributed by atoms with Crippen LogP contribution in [0.2, 0.25) is 0 Å². The maximum Gasteiger partial charge on any atom is 0.255 e. The zero-order chi connectivity index (χ0) is 13.1. The Morgan fingerprint density at radius 3 is 2.89 bits per heavy atom. The molecule has 2 N–H and O–H groups in total. The molecule has 0 aliphatic heterocycles. The average Bonchev–Trinajstić information content (AvgIpc) is 2.28. The molecule has 2 atom stereocenters. The summed E-state index contributed by atoms with van der Waals surface area (Å²) in [5.41, 5.74) is 0.344. The molecule has 1 aliphatic carbocycles. The smallest absolute Gasteiger partial charge is 0.255 e. The lowest BCUT2D eigenvalue weighted by Crippen LogP contribution is -2.37. The minimum atomic E-state index is -0.181. The molecular formula is C14H18BrNO2. The van der Waals surface area contributed by atoms with Gasteiger partial charge < -0.3 is 10.4 Å². The Kier molecular flexibility index (Phi) is 4.27. The molecule has 1 aromatic rings. The largest absolute Gasteiger partial charge is 0.507 e. The number of amides is 1. The minimum absolute atomic E-state index is 0.0192. The van der Waals surface area contributed by atoms with Gasteiger partial charge in [-0.3, -0.25) is 4.79 Å². The second kappa shape index (κ2) is 5.74. The maximum atomic E-state index is 12.1. The van der Waals surface area contributed by atoms with Crippen LogP contribution in [0.25, 0.3) is 0 Å². The number of rotatable bonds is 2. The maximum absolute atomic E-state index is 12.1. The fraction of sp³-hybridized carbons (Fsp3) is 0.500. The van der Waals surface area contributed by atoms with Gasteiger partial charge in [0.05, 0.1) is 5.56 Å². The highest BCUT2D eigenvalue weighted by molar-refractivity contribution is 9.10. The van der Waals surface area contributed by atoms with Crippen molar-refractivity contribution in [3.05, 3.63) is 28.2 Å². The van der Waals surface area contributed by atoms with Gasteiger partial charge in [0.15, 0.2) is 0 Å². The van der Waals surface area contributed by atoms with Gasteiger partial charge in [-0.2, -0.15) is 0 Å². The number of hydrogen-bond acceptors (Lipinski definition) is 2. The molecule has 18 heavy (non-hydrogen) atoms. The van der Waals surface area contributed by atoms with Crippen molar-refractivity contribution >= 4 is 21.8 Å². The monoisotopic (exact) mass is 311 g/mol. The van der Waals surface area contributed by atoms with Gasteiger partial charge in [-0.15, -0.1) is 0 Å². The molecule has 2 unspecified atom stereocenters. The first-order valence-electron chi connectivity index (χ1n) is 6.35. The number of carbonyl (C=O) groups is 1. The quantitative estimate of drug-likeness (QED) is 0.878. The third-order valence-electron chi connectivity index (χ3n) is 3.48. The molecule has 0 spiro atoms. The molecule has 1 fully saturated rings. The third kappa shape index (κ3) is 3.25. The van der Waals surface area contributed by atoms with E-state index in [0.29, 0.717) is 11.5 Å². The number of carbonyl (C=O) groups excluding carboxylic acids is 1. The summed E-state index contributed by atoms with van der Waals surface area (Å²) in [6.07, 6.45) is 4.48. The number of phenols is 1. The molecule has 2 rings (SSSR count). The summed E-state index contributed by atoms with van der Waals surface area (Å²) >= 11 is 3.26. The summed E-state index contributed by atoms with van der Waals surface area (Å²) in [6, 6.07) is 5.18. The molecule has 0 heterocycles. The fourth-order valence-corrected chi connectivity index (χ4v) is 2.87. The Labute approximate surface area is 116 Å². The van der Waals surface area contributed by atoms with E-state index in [2.05, 4.69) is 28.2 Å². The molecule has 0 saturated heterocycles. The van der Waals surface area contributed by atoms with E-state index in [-0.39, 0.29) is 17.7 Å². The molecule has 1 saturated carbocycles. The third-order valence-corrected chi connectivity index (χ3v) is 3.97. The first-order chi connectivity index (χ1) is 8.56.